The number of nitrogens with zero attached hydrogens (tertiary/aromatic N) is 4. The summed E-state index contributed by atoms with van der Waals surface area (Å²) in [5.74, 6) is -0.493. The van der Waals surface area contributed by atoms with E-state index in [2.05, 4.69) is 15.5 Å². The van der Waals surface area contributed by atoms with Crippen LogP contribution in [0.3, 0.4) is 0 Å². The second kappa shape index (κ2) is 6.27. The van der Waals surface area contributed by atoms with E-state index < -0.39 is 0 Å². The SMILES string of the molecule is Cc1nn(Cc2ccc(F)cc2)c(C)c1NC(=O)c1cnn(C)c1. The van der Waals surface area contributed by atoms with Crippen molar-refractivity contribution in [2.45, 2.75) is 20.4 Å². The number of hydrogen-bond donors (Lipinski definition) is 1. The van der Waals surface area contributed by atoms with Gasteiger partial charge in [0.2, 0.25) is 0 Å². The molecule has 0 unspecified atom stereocenters. The minimum absolute atomic E-state index is 0.226. The van der Waals surface area contributed by atoms with Gasteiger partial charge in [-0.1, -0.05) is 12.1 Å². The van der Waals surface area contributed by atoms with Crippen molar-refractivity contribution in [2.24, 2.45) is 7.05 Å². The third kappa shape index (κ3) is 3.19. The third-order valence-electron chi connectivity index (χ3n) is 3.83. The summed E-state index contributed by atoms with van der Waals surface area (Å²) >= 11 is 0. The number of nitrogens with one attached hydrogen (secondary N) is 1. The highest BCUT2D eigenvalue weighted by atomic mass is 19.1. The van der Waals surface area contributed by atoms with Gasteiger partial charge in [0.25, 0.3) is 5.91 Å². The van der Waals surface area contributed by atoms with Gasteiger partial charge in [0, 0.05) is 13.2 Å². The second-order valence-corrected chi connectivity index (χ2v) is 5.69. The first kappa shape index (κ1) is 15.9. The first-order valence-corrected chi connectivity index (χ1v) is 7.52. The van der Waals surface area contributed by atoms with Crippen molar-refractivity contribution in [1.29, 1.82) is 0 Å². The summed E-state index contributed by atoms with van der Waals surface area (Å²) in [7, 11) is 1.76. The van der Waals surface area contributed by atoms with E-state index in [0.717, 1.165) is 17.0 Å². The molecule has 0 aliphatic carbocycles. The van der Waals surface area contributed by atoms with Gasteiger partial charge in [0.15, 0.2) is 0 Å². The van der Waals surface area contributed by atoms with Crippen molar-refractivity contribution in [3.05, 3.63) is 65.0 Å². The maximum atomic E-state index is 13.0. The van der Waals surface area contributed by atoms with Gasteiger partial charge in [0.05, 0.1) is 35.4 Å². The number of hydrogen-bond acceptors (Lipinski definition) is 3. The molecule has 0 fully saturated rings. The number of carbonyl (C=O) groups excluding carboxylic acids is 1. The predicted octanol–water partition coefficient (Wildman–Crippen LogP) is 2.67. The molecular weight excluding hydrogens is 309 g/mol. The average Bonchev–Trinajstić information content (AvgIpc) is 3.09. The first-order valence-electron chi connectivity index (χ1n) is 7.52. The molecule has 2 aromatic heterocycles. The lowest BCUT2D eigenvalue weighted by Crippen LogP contribution is -2.12. The van der Waals surface area contributed by atoms with Crippen molar-refractivity contribution in [3.8, 4) is 0 Å². The predicted molar refractivity (Wildman–Crippen MR) is 88.4 cm³/mol. The lowest BCUT2D eigenvalue weighted by molar-refractivity contribution is 0.102. The maximum absolute atomic E-state index is 13.0. The van der Waals surface area contributed by atoms with Crippen LogP contribution in [-0.2, 0) is 13.6 Å². The van der Waals surface area contributed by atoms with E-state index in [4.69, 9.17) is 0 Å². The van der Waals surface area contributed by atoms with Gasteiger partial charge in [-0.15, -0.1) is 0 Å². The number of carbonyl (C=O) groups is 1. The highest BCUT2D eigenvalue weighted by molar-refractivity contribution is 6.04. The number of aromatic nitrogens is 4. The van der Waals surface area contributed by atoms with Crippen LogP contribution < -0.4 is 5.32 Å². The van der Waals surface area contributed by atoms with E-state index in [1.807, 2.05) is 13.8 Å². The van der Waals surface area contributed by atoms with Crippen molar-refractivity contribution in [1.82, 2.24) is 19.6 Å². The molecule has 3 rings (SSSR count). The number of anilines is 1. The summed E-state index contributed by atoms with van der Waals surface area (Å²) < 4.78 is 16.4. The van der Waals surface area contributed by atoms with Crippen LogP contribution in [0.1, 0.15) is 27.3 Å². The third-order valence-corrected chi connectivity index (χ3v) is 3.83. The van der Waals surface area contributed by atoms with Crippen molar-refractivity contribution in [2.75, 3.05) is 5.32 Å². The summed E-state index contributed by atoms with van der Waals surface area (Å²) in [6, 6.07) is 6.29. The van der Waals surface area contributed by atoms with Gasteiger partial charge in [0.1, 0.15) is 5.82 Å². The summed E-state index contributed by atoms with van der Waals surface area (Å²) in [6.07, 6.45) is 3.17. The Bertz CT molecular complexity index is 879. The molecule has 2 heterocycles. The molecule has 1 N–H and O–H groups in total. The maximum Gasteiger partial charge on any atom is 0.258 e. The van der Waals surface area contributed by atoms with Crippen LogP contribution in [-0.4, -0.2) is 25.5 Å². The fraction of sp³-hybridized carbons (Fsp3) is 0.235. The zero-order valence-corrected chi connectivity index (χ0v) is 13.7. The molecule has 1 aromatic carbocycles. The Balaban J connectivity index is 1.81. The highest BCUT2D eigenvalue weighted by Crippen LogP contribution is 2.21. The van der Waals surface area contributed by atoms with Crippen LogP contribution >= 0.6 is 0 Å². The van der Waals surface area contributed by atoms with Crippen LogP contribution in [0.15, 0.2) is 36.7 Å². The Morgan fingerprint density at radius 3 is 2.58 bits per heavy atom. The van der Waals surface area contributed by atoms with E-state index in [1.54, 1.807) is 34.7 Å². The molecular formula is C17H18FN5O. The molecule has 0 bridgehead atoms. The van der Waals surface area contributed by atoms with Crippen molar-refractivity contribution in [3.63, 3.8) is 0 Å². The summed E-state index contributed by atoms with van der Waals surface area (Å²) in [6.45, 7) is 4.24. The zero-order valence-electron chi connectivity index (χ0n) is 13.7. The van der Waals surface area contributed by atoms with Crippen LogP contribution in [0.4, 0.5) is 10.1 Å². The number of benzene rings is 1. The lowest BCUT2D eigenvalue weighted by atomic mass is 10.2. The van der Waals surface area contributed by atoms with Crippen LogP contribution in [0.25, 0.3) is 0 Å². The molecule has 0 aliphatic heterocycles. The molecule has 7 heteroatoms. The van der Waals surface area contributed by atoms with Crippen molar-refractivity contribution < 1.29 is 9.18 Å². The molecule has 0 radical (unpaired) electrons. The van der Waals surface area contributed by atoms with E-state index >= 15 is 0 Å². The quantitative estimate of drug-likeness (QED) is 0.801. The fourth-order valence-corrected chi connectivity index (χ4v) is 2.52. The molecule has 0 spiro atoms. The van der Waals surface area contributed by atoms with Crippen LogP contribution in [0, 0.1) is 19.7 Å². The molecule has 0 saturated carbocycles. The van der Waals surface area contributed by atoms with Gasteiger partial charge in [-0.2, -0.15) is 10.2 Å². The Labute approximate surface area is 138 Å². The molecule has 6 nitrogen and oxygen atoms in total. The molecule has 1 amide bonds. The van der Waals surface area contributed by atoms with Crippen molar-refractivity contribution >= 4 is 11.6 Å². The Kier molecular flexibility index (Phi) is 4.16. The van der Waals surface area contributed by atoms with Gasteiger partial charge in [-0.3, -0.25) is 14.2 Å². The van der Waals surface area contributed by atoms with E-state index in [9.17, 15) is 9.18 Å². The summed E-state index contributed by atoms with van der Waals surface area (Å²) in [5.41, 5.74) is 3.68. The normalized spacial score (nSPS) is 10.8. The van der Waals surface area contributed by atoms with Crippen LogP contribution in [0.5, 0.6) is 0 Å². The molecule has 0 atom stereocenters. The standard InChI is InChI=1S/C17H18FN5O/c1-11-16(20-17(24)14-8-19-22(3)10-14)12(2)23(21-11)9-13-4-6-15(18)7-5-13/h4-8,10H,9H2,1-3H3,(H,20,24). The van der Waals surface area contributed by atoms with Gasteiger partial charge in [-0.05, 0) is 31.5 Å². The van der Waals surface area contributed by atoms with E-state index in [-0.39, 0.29) is 11.7 Å². The Hall–Kier alpha value is -2.96. The van der Waals surface area contributed by atoms with Gasteiger partial charge in [-0.25, -0.2) is 4.39 Å². The largest absolute Gasteiger partial charge is 0.319 e. The topological polar surface area (TPSA) is 64.7 Å². The molecule has 0 saturated heterocycles. The van der Waals surface area contributed by atoms with E-state index in [0.29, 0.717) is 17.8 Å². The van der Waals surface area contributed by atoms with Crippen LogP contribution in [0.2, 0.25) is 0 Å². The fourth-order valence-electron chi connectivity index (χ4n) is 2.52. The molecule has 3 aromatic rings. The Morgan fingerprint density at radius 1 is 1.25 bits per heavy atom. The number of halogens is 1. The average molecular weight is 327 g/mol. The molecule has 124 valence electrons. The van der Waals surface area contributed by atoms with E-state index in [1.165, 1.54) is 18.3 Å². The minimum atomic E-state index is -0.267. The molecule has 24 heavy (non-hydrogen) atoms. The monoisotopic (exact) mass is 327 g/mol. The Morgan fingerprint density at radius 2 is 1.96 bits per heavy atom. The number of rotatable bonds is 4. The lowest BCUT2D eigenvalue weighted by Gasteiger charge is -2.07. The first-order chi connectivity index (χ1) is 11.4. The number of aryl methyl sites for hydroxylation is 2. The van der Waals surface area contributed by atoms with Gasteiger partial charge >= 0.3 is 0 Å². The highest BCUT2D eigenvalue weighted by Gasteiger charge is 2.16. The smallest absolute Gasteiger partial charge is 0.258 e. The summed E-state index contributed by atoms with van der Waals surface area (Å²) in [4.78, 5) is 12.3. The number of amides is 1. The zero-order chi connectivity index (χ0) is 17.3. The van der Waals surface area contributed by atoms with Gasteiger partial charge < -0.3 is 5.32 Å². The summed E-state index contributed by atoms with van der Waals surface area (Å²) in [5, 5.41) is 11.4. The second-order valence-electron chi connectivity index (χ2n) is 5.69. The minimum Gasteiger partial charge on any atom is -0.319 e. The molecule has 0 aliphatic rings.